The number of esters is 1. The van der Waals surface area contributed by atoms with Crippen LogP contribution in [0.5, 0.6) is 0 Å². The molecule has 0 aliphatic rings. The fourth-order valence-electron chi connectivity index (χ4n) is 1.60. The minimum absolute atomic E-state index is 0.209. The number of halogens is 4. The van der Waals surface area contributed by atoms with Crippen molar-refractivity contribution in [1.29, 1.82) is 0 Å². The van der Waals surface area contributed by atoms with Gasteiger partial charge in [-0.1, -0.05) is 0 Å². The summed E-state index contributed by atoms with van der Waals surface area (Å²) in [7, 11) is 0. The molecule has 0 saturated carbocycles. The second-order valence-corrected chi connectivity index (χ2v) is 4.17. The van der Waals surface area contributed by atoms with E-state index in [1.165, 1.54) is 0 Å². The summed E-state index contributed by atoms with van der Waals surface area (Å²) >= 11 is 0. The van der Waals surface area contributed by atoms with E-state index in [1.54, 1.807) is 0 Å². The summed E-state index contributed by atoms with van der Waals surface area (Å²) in [6.45, 7) is -0.598. The maximum Gasteiger partial charge on any atom is 0.341 e. The molecule has 0 unspecified atom stereocenters. The summed E-state index contributed by atoms with van der Waals surface area (Å²) in [5, 5.41) is 0. The number of rotatable bonds is 3. The molecule has 0 heterocycles. The third-order valence-electron chi connectivity index (χ3n) is 2.67. The Morgan fingerprint density at radius 1 is 1.00 bits per heavy atom. The fraction of sp³-hybridized carbons (Fsp3) is 0.0714. The first-order valence-corrected chi connectivity index (χ1v) is 5.74. The van der Waals surface area contributed by atoms with E-state index >= 15 is 0 Å². The number of anilines is 1. The molecule has 0 aliphatic carbocycles. The molecule has 0 fully saturated rings. The van der Waals surface area contributed by atoms with E-state index in [9.17, 15) is 22.4 Å². The van der Waals surface area contributed by atoms with Gasteiger partial charge in [-0.25, -0.2) is 22.4 Å². The molecule has 110 valence electrons. The molecule has 0 saturated heterocycles. The van der Waals surface area contributed by atoms with Crippen LogP contribution in [0.3, 0.4) is 0 Å². The minimum Gasteiger partial charge on any atom is -0.457 e. The lowest BCUT2D eigenvalue weighted by molar-refractivity contribution is 0.0463. The smallest absolute Gasteiger partial charge is 0.341 e. The van der Waals surface area contributed by atoms with Crippen molar-refractivity contribution in [2.45, 2.75) is 6.61 Å². The Hall–Kier alpha value is -2.57. The number of nitrogens with two attached hydrogens (primary N) is 1. The second-order valence-electron chi connectivity index (χ2n) is 4.17. The maximum absolute atomic E-state index is 13.4. The lowest BCUT2D eigenvalue weighted by Crippen LogP contribution is -2.10. The molecule has 2 aromatic rings. The standard InChI is InChI=1S/C14H9F4NO2/c15-8-1-2-10(16)7(3-8)6-21-14(20)9-4-13(19)12(18)5-11(9)17/h1-5H,6,19H2. The predicted octanol–water partition coefficient (Wildman–Crippen LogP) is 3.18. The molecule has 0 amide bonds. The van der Waals surface area contributed by atoms with Gasteiger partial charge in [0, 0.05) is 11.6 Å². The van der Waals surface area contributed by atoms with Crippen molar-refractivity contribution >= 4 is 11.7 Å². The lowest BCUT2D eigenvalue weighted by atomic mass is 10.2. The van der Waals surface area contributed by atoms with Gasteiger partial charge >= 0.3 is 5.97 Å². The van der Waals surface area contributed by atoms with Crippen molar-refractivity contribution in [3.63, 3.8) is 0 Å². The SMILES string of the molecule is Nc1cc(C(=O)OCc2cc(F)ccc2F)c(F)cc1F. The summed E-state index contributed by atoms with van der Waals surface area (Å²) in [4.78, 5) is 11.6. The van der Waals surface area contributed by atoms with Crippen LogP contribution in [0.15, 0.2) is 30.3 Å². The number of benzene rings is 2. The monoisotopic (exact) mass is 299 g/mol. The average molecular weight is 299 g/mol. The quantitative estimate of drug-likeness (QED) is 0.538. The summed E-state index contributed by atoms with van der Waals surface area (Å²) in [5.41, 5.74) is 3.99. The van der Waals surface area contributed by atoms with E-state index in [2.05, 4.69) is 4.74 Å². The number of carbonyl (C=O) groups is 1. The highest BCUT2D eigenvalue weighted by Gasteiger charge is 2.17. The average Bonchev–Trinajstić information content (AvgIpc) is 2.43. The summed E-state index contributed by atoms with van der Waals surface area (Å²) in [6, 6.07) is 3.83. The Kier molecular flexibility index (Phi) is 4.11. The molecule has 21 heavy (non-hydrogen) atoms. The number of hydrogen-bond donors (Lipinski definition) is 1. The Labute approximate surface area is 116 Å². The molecule has 2 rings (SSSR count). The van der Waals surface area contributed by atoms with Crippen LogP contribution in [0, 0.1) is 23.3 Å². The first-order chi connectivity index (χ1) is 9.88. The first kappa shape index (κ1) is 14.8. The largest absolute Gasteiger partial charge is 0.457 e. The lowest BCUT2D eigenvalue weighted by Gasteiger charge is -2.08. The van der Waals surface area contributed by atoms with Crippen LogP contribution in [0.4, 0.5) is 23.2 Å². The molecule has 7 heteroatoms. The van der Waals surface area contributed by atoms with E-state index in [1.807, 2.05) is 0 Å². The minimum atomic E-state index is -1.16. The van der Waals surface area contributed by atoms with E-state index < -0.39 is 47.1 Å². The Morgan fingerprint density at radius 2 is 1.71 bits per heavy atom. The van der Waals surface area contributed by atoms with Crippen molar-refractivity contribution in [1.82, 2.24) is 0 Å². The number of hydrogen-bond acceptors (Lipinski definition) is 3. The zero-order chi connectivity index (χ0) is 15.6. The van der Waals surface area contributed by atoms with E-state index in [-0.39, 0.29) is 5.56 Å². The van der Waals surface area contributed by atoms with Crippen molar-refractivity contribution in [3.05, 3.63) is 64.7 Å². The molecule has 0 aromatic heterocycles. The van der Waals surface area contributed by atoms with E-state index in [0.29, 0.717) is 6.07 Å². The van der Waals surface area contributed by atoms with Gasteiger partial charge in [-0.2, -0.15) is 0 Å². The molecular weight excluding hydrogens is 290 g/mol. The van der Waals surface area contributed by atoms with Gasteiger partial charge in [0.15, 0.2) is 0 Å². The number of ether oxygens (including phenoxy) is 1. The number of carbonyl (C=O) groups excluding carboxylic acids is 1. The molecule has 0 radical (unpaired) electrons. The predicted molar refractivity (Wildman–Crippen MR) is 66.2 cm³/mol. The molecule has 0 aliphatic heterocycles. The van der Waals surface area contributed by atoms with Crippen molar-refractivity contribution < 1.29 is 27.1 Å². The topological polar surface area (TPSA) is 52.3 Å². The summed E-state index contributed by atoms with van der Waals surface area (Å²) < 4.78 is 57.3. The molecule has 2 aromatic carbocycles. The van der Waals surface area contributed by atoms with Crippen LogP contribution < -0.4 is 5.73 Å². The third kappa shape index (κ3) is 3.31. The number of nitrogen functional groups attached to an aromatic ring is 1. The highest BCUT2D eigenvalue weighted by Crippen LogP contribution is 2.18. The summed E-state index contributed by atoms with van der Waals surface area (Å²) in [6.07, 6.45) is 0. The van der Waals surface area contributed by atoms with Crippen LogP contribution in [0.2, 0.25) is 0 Å². The van der Waals surface area contributed by atoms with Gasteiger partial charge in [0.05, 0.1) is 11.3 Å². The maximum atomic E-state index is 13.4. The first-order valence-electron chi connectivity index (χ1n) is 5.74. The van der Waals surface area contributed by atoms with E-state index in [4.69, 9.17) is 5.73 Å². The van der Waals surface area contributed by atoms with Crippen LogP contribution in [-0.2, 0) is 11.3 Å². The Bertz CT molecular complexity index is 704. The third-order valence-corrected chi connectivity index (χ3v) is 2.67. The molecule has 0 bridgehead atoms. The van der Waals surface area contributed by atoms with Crippen molar-refractivity contribution in [2.24, 2.45) is 0 Å². The molecule has 0 atom stereocenters. The van der Waals surface area contributed by atoms with Crippen LogP contribution in [-0.4, -0.2) is 5.97 Å². The van der Waals surface area contributed by atoms with Gasteiger partial charge in [0.25, 0.3) is 0 Å². The van der Waals surface area contributed by atoms with Gasteiger partial charge in [-0.15, -0.1) is 0 Å². The van der Waals surface area contributed by atoms with Gasteiger partial charge in [-0.05, 0) is 24.3 Å². The van der Waals surface area contributed by atoms with Crippen LogP contribution >= 0.6 is 0 Å². The fourth-order valence-corrected chi connectivity index (χ4v) is 1.60. The van der Waals surface area contributed by atoms with Crippen LogP contribution in [0.1, 0.15) is 15.9 Å². The zero-order valence-electron chi connectivity index (χ0n) is 10.5. The molecular formula is C14H9F4NO2. The second kappa shape index (κ2) is 5.82. The van der Waals surface area contributed by atoms with Gasteiger partial charge in [-0.3, -0.25) is 0 Å². The Balaban J connectivity index is 2.15. The summed E-state index contributed by atoms with van der Waals surface area (Å²) in [5.74, 6) is -4.82. The molecule has 0 spiro atoms. The highest BCUT2D eigenvalue weighted by molar-refractivity contribution is 5.90. The Morgan fingerprint density at radius 3 is 2.43 bits per heavy atom. The van der Waals surface area contributed by atoms with Gasteiger partial charge in [0.2, 0.25) is 0 Å². The highest BCUT2D eigenvalue weighted by atomic mass is 19.1. The normalized spacial score (nSPS) is 10.5. The molecule has 2 N–H and O–H groups in total. The molecule has 3 nitrogen and oxygen atoms in total. The van der Waals surface area contributed by atoms with Crippen molar-refractivity contribution in [2.75, 3.05) is 5.73 Å². The zero-order valence-corrected chi connectivity index (χ0v) is 10.5. The van der Waals surface area contributed by atoms with Gasteiger partial charge < -0.3 is 10.5 Å². The van der Waals surface area contributed by atoms with Gasteiger partial charge in [0.1, 0.15) is 29.9 Å². The van der Waals surface area contributed by atoms with E-state index in [0.717, 1.165) is 24.3 Å². The van der Waals surface area contributed by atoms with Crippen LogP contribution in [0.25, 0.3) is 0 Å². The van der Waals surface area contributed by atoms with Crippen molar-refractivity contribution in [3.8, 4) is 0 Å².